The van der Waals surface area contributed by atoms with Crippen LogP contribution in [0.2, 0.25) is 0 Å². The Labute approximate surface area is 127 Å². The summed E-state index contributed by atoms with van der Waals surface area (Å²) in [6.07, 6.45) is 0.948. The van der Waals surface area contributed by atoms with Gasteiger partial charge in [-0.05, 0) is 30.7 Å². The number of rotatable bonds is 5. The molecule has 0 unspecified atom stereocenters. The van der Waals surface area contributed by atoms with Crippen molar-refractivity contribution < 1.29 is 17.9 Å². The van der Waals surface area contributed by atoms with Gasteiger partial charge >= 0.3 is 0 Å². The van der Waals surface area contributed by atoms with Gasteiger partial charge in [-0.25, -0.2) is 8.42 Å². The van der Waals surface area contributed by atoms with Gasteiger partial charge in [-0.3, -0.25) is 4.79 Å². The number of amides is 1. The number of hydrogen-bond donors (Lipinski definition) is 1. The predicted molar refractivity (Wildman–Crippen MR) is 79.7 cm³/mol. The topological polar surface area (TPSA) is 89.7 Å². The largest absolute Gasteiger partial charge is 0.484 e. The van der Waals surface area contributed by atoms with Gasteiger partial charge in [0.2, 0.25) is 10.0 Å². The van der Waals surface area contributed by atoms with Crippen LogP contribution in [-0.4, -0.2) is 48.8 Å². The van der Waals surface area contributed by atoms with E-state index in [1.807, 2.05) is 11.8 Å². The SMILES string of the molecule is NC(=O)COc1ccc(S(=O)(=O)N2C[C@H]3C[C@H]2CS3)cc1. The molecule has 0 aromatic heterocycles. The molecule has 1 aromatic rings. The zero-order valence-corrected chi connectivity index (χ0v) is 12.9. The first-order valence-corrected chi connectivity index (χ1v) is 9.10. The van der Waals surface area contributed by atoms with Crippen LogP contribution in [0.15, 0.2) is 29.2 Å². The van der Waals surface area contributed by atoms with Crippen molar-refractivity contribution in [3.63, 3.8) is 0 Å². The number of benzene rings is 1. The fourth-order valence-corrected chi connectivity index (χ4v) is 5.96. The summed E-state index contributed by atoms with van der Waals surface area (Å²) in [6, 6.07) is 6.21. The van der Waals surface area contributed by atoms with E-state index in [0.29, 0.717) is 17.5 Å². The first-order valence-electron chi connectivity index (χ1n) is 6.61. The molecule has 8 heteroatoms. The zero-order valence-electron chi connectivity index (χ0n) is 11.3. The van der Waals surface area contributed by atoms with Gasteiger partial charge in [0.25, 0.3) is 5.91 Å². The summed E-state index contributed by atoms with van der Waals surface area (Å²) in [5.74, 6) is 0.729. The second kappa shape index (κ2) is 5.51. The molecular weight excluding hydrogens is 312 g/mol. The number of sulfonamides is 1. The first kappa shape index (κ1) is 14.7. The van der Waals surface area contributed by atoms with E-state index in [-0.39, 0.29) is 17.5 Å². The van der Waals surface area contributed by atoms with Crippen LogP contribution in [0.1, 0.15) is 6.42 Å². The van der Waals surface area contributed by atoms with Crippen LogP contribution in [0, 0.1) is 0 Å². The maximum Gasteiger partial charge on any atom is 0.255 e. The minimum absolute atomic E-state index is 0.121. The number of thioether (sulfide) groups is 1. The minimum Gasteiger partial charge on any atom is -0.484 e. The lowest BCUT2D eigenvalue weighted by Gasteiger charge is -2.25. The molecule has 6 nitrogen and oxygen atoms in total. The number of nitrogens with zero attached hydrogens (tertiary/aromatic N) is 1. The number of carbonyl (C=O) groups is 1. The van der Waals surface area contributed by atoms with E-state index in [4.69, 9.17) is 10.5 Å². The maximum atomic E-state index is 12.6. The quantitative estimate of drug-likeness (QED) is 0.846. The maximum absolute atomic E-state index is 12.6. The highest BCUT2D eigenvalue weighted by molar-refractivity contribution is 8.00. The van der Waals surface area contributed by atoms with Crippen LogP contribution < -0.4 is 10.5 Å². The number of carbonyl (C=O) groups excluding carboxylic acids is 1. The van der Waals surface area contributed by atoms with Crippen molar-refractivity contribution in [1.29, 1.82) is 0 Å². The smallest absolute Gasteiger partial charge is 0.255 e. The molecule has 2 saturated heterocycles. The lowest BCUT2D eigenvalue weighted by Crippen LogP contribution is -2.39. The fraction of sp³-hybridized carbons (Fsp3) is 0.462. The van der Waals surface area contributed by atoms with Crippen LogP contribution in [0.25, 0.3) is 0 Å². The summed E-state index contributed by atoms with van der Waals surface area (Å²) in [7, 11) is -3.44. The predicted octanol–water partition coefficient (Wildman–Crippen LogP) is 0.429. The summed E-state index contributed by atoms with van der Waals surface area (Å²) >= 11 is 1.85. The molecule has 2 aliphatic rings. The van der Waals surface area contributed by atoms with Gasteiger partial charge in [-0.15, -0.1) is 0 Å². The normalized spacial score (nSPS) is 25.1. The Balaban J connectivity index is 1.75. The number of ether oxygens (including phenoxy) is 1. The van der Waals surface area contributed by atoms with Crippen molar-refractivity contribution in [1.82, 2.24) is 4.31 Å². The van der Waals surface area contributed by atoms with Gasteiger partial charge in [0, 0.05) is 23.6 Å². The van der Waals surface area contributed by atoms with Crippen molar-refractivity contribution in [3.8, 4) is 5.75 Å². The molecule has 2 fully saturated rings. The Morgan fingerprint density at radius 1 is 1.38 bits per heavy atom. The Hall–Kier alpha value is -1.25. The van der Waals surface area contributed by atoms with E-state index in [0.717, 1.165) is 12.2 Å². The Kier molecular flexibility index (Phi) is 3.85. The highest BCUT2D eigenvalue weighted by Crippen LogP contribution is 2.40. The van der Waals surface area contributed by atoms with Crippen LogP contribution in [0.3, 0.4) is 0 Å². The van der Waals surface area contributed by atoms with E-state index >= 15 is 0 Å². The number of hydrogen-bond acceptors (Lipinski definition) is 5. The molecular formula is C13H16N2O4S2. The molecule has 3 rings (SSSR count). The second-order valence-electron chi connectivity index (χ2n) is 5.15. The standard InChI is InChI=1S/C13H16N2O4S2/c14-13(16)7-19-10-1-3-12(4-2-10)21(17,18)15-6-11-5-9(15)8-20-11/h1-4,9,11H,5-8H2,(H2,14,16)/t9-,11+/m0/s1. The average molecular weight is 328 g/mol. The van der Waals surface area contributed by atoms with Crippen molar-refractivity contribution in [3.05, 3.63) is 24.3 Å². The summed E-state index contributed by atoms with van der Waals surface area (Å²) in [5, 5.41) is 0.433. The number of fused-ring (bicyclic) bond motifs is 2. The second-order valence-corrected chi connectivity index (χ2v) is 8.37. The molecule has 1 aromatic carbocycles. The van der Waals surface area contributed by atoms with Gasteiger partial charge in [-0.2, -0.15) is 16.1 Å². The monoisotopic (exact) mass is 328 g/mol. The van der Waals surface area contributed by atoms with Crippen molar-refractivity contribution in [2.24, 2.45) is 5.73 Å². The molecule has 0 saturated carbocycles. The average Bonchev–Trinajstić information content (AvgIpc) is 3.08. The van der Waals surface area contributed by atoms with Gasteiger partial charge in [0.05, 0.1) is 4.90 Å². The molecule has 21 heavy (non-hydrogen) atoms. The number of primary amides is 1. The third-order valence-electron chi connectivity index (χ3n) is 3.66. The van der Waals surface area contributed by atoms with E-state index < -0.39 is 15.9 Å². The molecule has 114 valence electrons. The van der Waals surface area contributed by atoms with Crippen molar-refractivity contribution in [2.45, 2.75) is 22.6 Å². The fourth-order valence-electron chi connectivity index (χ4n) is 2.66. The summed E-state index contributed by atoms with van der Waals surface area (Å²) < 4.78 is 31.9. The summed E-state index contributed by atoms with van der Waals surface area (Å²) in [5.41, 5.74) is 4.99. The lowest BCUT2D eigenvalue weighted by atomic mass is 10.3. The lowest BCUT2D eigenvalue weighted by molar-refractivity contribution is -0.119. The Morgan fingerprint density at radius 2 is 2.10 bits per heavy atom. The van der Waals surface area contributed by atoms with Gasteiger partial charge in [0.1, 0.15) is 5.75 Å². The Bertz CT molecular complexity index is 645. The van der Waals surface area contributed by atoms with Crippen LogP contribution >= 0.6 is 11.8 Å². The van der Waals surface area contributed by atoms with Crippen LogP contribution in [0.4, 0.5) is 0 Å². The molecule has 2 aliphatic heterocycles. The zero-order chi connectivity index (χ0) is 15.0. The molecule has 2 N–H and O–H groups in total. The van der Waals surface area contributed by atoms with Crippen molar-refractivity contribution in [2.75, 3.05) is 18.9 Å². The van der Waals surface area contributed by atoms with Gasteiger partial charge in [-0.1, -0.05) is 0 Å². The molecule has 2 atom stereocenters. The van der Waals surface area contributed by atoms with E-state index in [1.54, 1.807) is 16.4 Å². The van der Waals surface area contributed by atoms with E-state index in [1.165, 1.54) is 12.1 Å². The summed E-state index contributed by atoms with van der Waals surface area (Å²) in [6.45, 7) is 0.372. The molecule has 0 spiro atoms. The molecule has 2 bridgehead atoms. The Morgan fingerprint density at radius 3 is 2.62 bits per heavy atom. The van der Waals surface area contributed by atoms with Gasteiger partial charge < -0.3 is 10.5 Å². The van der Waals surface area contributed by atoms with E-state index in [9.17, 15) is 13.2 Å². The van der Waals surface area contributed by atoms with Crippen LogP contribution in [-0.2, 0) is 14.8 Å². The van der Waals surface area contributed by atoms with Crippen molar-refractivity contribution >= 4 is 27.7 Å². The molecule has 1 amide bonds. The molecule has 0 radical (unpaired) electrons. The summed E-state index contributed by atoms with van der Waals surface area (Å²) in [4.78, 5) is 10.9. The number of nitrogens with two attached hydrogens (primary N) is 1. The third kappa shape index (κ3) is 2.88. The van der Waals surface area contributed by atoms with Crippen LogP contribution in [0.5, 0.6) is 5.75 Å². The molecule has 2 heterocycles. The highest BCUT2D eigenvalue weighted by Gasteiger charge is 2.44. The highest BCUT2D eigenvalue weighted by atomic mass is 32.2. The third-order valence-corrected chi connectivity index (χ3v) is 6.98. The molecule has 0 aliphatic carbocycles. The first-order chi connectivity index (χ1) is 9.96. The van der Waals surface area contributed by atoms with Gasteiger partial charge in [0.15, 0.2) is 6.61 Å². The van der Waals surface area contributed by atoms with E-state index in [2.05, 4.69) is 0 Å². The minimum atomic E-state index is -3.44.